The molecule has 2 aromatic heterocycles. The van der Waals surface area contributed by atoms with Gasteiger partial charge in [-0.1, -0.05) is 17.3 Å². The van der Waals surface area contributed by atoms with Crippen LogP contribution in [0.2, 0.25) is 0 Å². The molecule has 1 aromatic carbocycles. The summed E-state index contributed by atoms with van der Waals surface area (Å²) in [5.41, 5.74) is 3.15. The molecule has 2 fully saturated rings. The zero-order chi connectivity index (χ0) is 22.2. The number of carbonyl (C=O) groups excluding carboxylic acids is 1. The van der Waals surface area contributed by atoms with E-state index in [0.29, 0.717) is 17.5 Å². The predicted octanol–water partition coefficient (Wildman–Crippen LogP) is 2.72. The summed E-state index contributed by atoms with van der Waals surface area (Å²) in [5, 5.41) is 15.7. The quantitative estimate of drug-likeness (QED) is 0.660. The van der Waals surface area contributed by atoms with E-state index in [9.17, 15) is 4.79 Å². The fourth-order valence-corrected chi connectivity index (χ4v) is 5.23. The van der Waals surface area contributed by atoms with Crippen LogP contribution >= 0.6 is 0 Å². The van der Waals surface area contributed by atoms with Crippen molar-refractivity contribution < 1.29 is 14.3 Å². The van der Waals surface area contributed by atoms with Gasteiger partial charge in [-0.05, 0) is 49.3 Å². The molecule has 1 aliphatic carbocycles. The summed E-state index contributed by atoms with van der Waals surface area (Å²) in [6.07, 6.45) is 5.47. The van der Waals surface area contributed by atoms with Crippen LogP contribution < -0.4 is 4.74 Å². The third kappa shape index (κ3) is 3.56. The summed E-state index contributed by atoms with van der Waals surface area (Å²) in [4.78, 5) is 14.9. The van der Waals surface area contributed by atoms with E-state index in [1.807, 2.05) is 47.0 Å². The number of aromatic nitrogens is 5. The van der Waals surface area contributed by atoms with Crippen LogP contribution in [0.1, 0.15) is 34.9 Å². The lowest BCUT2D eigenvalue weighted by atomic mass is 9.77. The third-order valence-corrected chi connectivity index (χ3v) is 6.95. The van der Waals surface area contributed by atoms with E-state index in [4.69, 9.17) is 9.47 Å². The molecule has 3 heterocycles. The zero-order valence-electron chi connectivity index (χ0n) is 18.6. The molecular weight excluding hydrogens is 408 g/mol. The van der Waals surface area contributed by atoms with Gasteiger partial charge in [-0.3, -0.25) is 9.89 Å². The number of hydrogen-bond acceptors (Lipinski definition) is 6. The van der Waals surface area contributed by atoms with E-state index in [-0.39, 0.29) is 18.1 Å². The fraction of sp³-hybridized carbons (Fsp3) is 0.478. The second-order valence-corrected chi connectivity index (χ2v) is 8.76. The Morgan fingerprint density at radius 1 is 1.16 bits per heavy atom. The summed E-state index contributed by atoms with van der Waals surface area (Å²) >= 11 is 0. The van der Waals surface area contributed by atoms with E-state index in [0.717, 1.165) is 48.5 Å². The number of fused-ring (bicyclic) bond motifs is 1. The van der Waals surface area contributed by atoms with Crippen LogP contribution in [-0.2, 0) is 4.74 Å². The standard InChI is InChI=1S/C23H28N6O3/c1-14-10-24-26-22(14)23(30)28-11-15-8-19(21(32-3)9-16(15)12-28)29-13-18(25-27-29)17-6-4-5-7-20(17)31-2/h4-7,10,13,15-16,19,21H,8-9,11-12H2,1-3H3,(H,24,26)/t15-,16+,19-,21-/m1/s1. The number of nitrogens with zero attached hydrogens (tertiary/aromatic N) is 5. The second-order valence-electron chi connectivity index (χ2n) is 8.76. The van der Waals surface area contributed by atoms with Gasteiger partial charge in [0.25, 0.3) is 5.91 Å². The minimum Gasteiger partial charge on any atom is -0.496 e. The molecule has 9 nitrogen and oxygen atoms in total. The maximum absolute atomic E-state index is 13.0. The molecule has 1 saturated carbocycles. The fourth-order valence-electron chi connectivity index (χ4n) is 5.23. The minimum absolute atomic E-state index is 0.0208. The molecule has 32 heavy (non-hydrogen) atoms. The van der Waals surface area contributed by atoms with Gasteiger partial charge < -0.3 is 14.4 Å². The van der Waals surface area contributed by atoms with Gasteiger partial charge in [0.2, 0.25) is 0 Å². The highest BCUT2D eigenvalue weighted by molar-refractivity contribution is 5.93. The highest BCUT2D eigenvalue weighted by Crippen LogP contribution is 2.43. The van der Waals surface area contributed by atoms with Crippen molar-refractivity contribution in [3.05, 3.63) is 47.9 Å². The number of methoxy groups -OCH3 is 2. The molecule has 5 rings (SSSR count). The predicted molar refractivity (Wildman–Crippen MR) is 117 cm³/mol. The van der Waals surface area contributed by atoms with Gasteiger partial charge in [-0.25, -0.2) is 4.68 Å². The second kappa shape index (κ2) is 8.38. The number of aromatic amines is 1. The molecular formula is C23H28N6O3. The van der Waals surface area contributed by atoms with E-state index in [1.165, 1.54) is 0 Å². The number of aryl methyl sites for hydroxylation is 1. The molecule has 0 spiro atoms. The topological polar surface area (TPSA) is 98.2 Å². The monoisotopic (exact) mass is 436 g/mol. The summed E-state index contributed by atoms with van der Waals surface area (Å²) in [7, 11) is 3.41. The van der Waals surface area contributed by atoms with Crippen LogP contribution in [-0.4, -0.2) is 69.4 Å². The average Bonchev–Trinajstić information content (AvgIpc) is 3.56. The zero-order valence-corrected chi connectivity index (χ0v) is 18.6. The Morgan fingerprint density at radius 3 is 2.66 bits per heavy atom. The maximum Gasteiger partial charge on any atom is 0.272 e. The van der Waals surface area contributed by atoms with Crippen molar-refractivity contribution in [1.29, 1.82) is 0 Å². The molecule has 4 atom stereocenters. The lowest BCUT2D eigenvalue weighted by Crippen LogP contribution is -2.37. The molecule has 168 valence electrons. The number of ether oxygens (including phenoxy) is 2. The highest BCUT2D eigenvalue weighted by Gasteiger charge is 2.45. The molecule has 1 saturated heterocycles. The number of hydrogen-bond donors (Lipinski definition) is 1. The smallest absolute Gasteiger partial charge is 0.272 e. The van der Waals surface area contributed by atoms with Crippen LogP contribution in [0.5, 0.6) is 5.75 Å². The number of nitrogens with one attached hydrogen (secondary N) is 1. The molecule has 9 heteroatoms. The highest BCUT2D eigenvalue weighted by atomic mass is 16.5. The number of benzene rings is 1. The molecule has 1 N–H and O–H groups in total. The normalized spacial score (nSPS) is 25.0. The molecule has 0 unspecified atom stereocenters. The molecule has 0 bridgehead atoms. The van der Waals surface area contributed by atoms with Crippen molar-refractivity contribution in [2.75, 3.05) is 27.3 Å². The Balaban J connectivity index is 1.35. The summed E-state index contributed by atoms with van der Waals surface area (Å²) in [6.45, 7) is 3.39. The Labute approximate surface area is 186 Å². The van der Waals surface area contributed by atoms with Crippen LogP contribution in [0.25, 0.3) is 11.3 Å². The van der Waals surface area contributed by atoms with E-state index in [1.54, 1.807) is 20.4 Å². The van der Waals surface area contributed by atoms with Gasteiger partial charge in [0.05, 0.1) is 31.6 Å². The number of rotatable bonds is 5. The van der Waals surface area contributed by atoms with Gasteiger partial charge in [0.1, 0.15) is 17.1 Å². The van der Waals surface area contributed by atoms with Gasteiger partial charge in [0, 0.05) is 25.8 Å². The summed E-state index contributed by atoms with van der Waals surface area (Å²) < 4.78 is 13.3. The summed E-state index contributed by atoms with van der Waals surface area (Å²) in [5.74, 6) is 1.61. The minimum atomic E-state index is 0.0208. The molecule has 2 aliphatic rings. The first-order valence-corrected chi connectivity index (χ1v) is 11.0. The third-order valence-electron chi connectivity index (χ3n) is 6.95. The number of H-pyrrole nitrogens is 1. The van der Waals surface area contributed by atoms with Crippen molar-refractivity contribution >= 4 is 5.91 Å². The van der Waals surface area contributed by atoms with Gasteiger partial charge in [0.15, 0.2) is 0 Å². The SMILES string of the molecule is COc1ccccc1-c1cn([C@@H]2C[C@@H]3CN(C(=O)c4[nH]ncc4C)C[C@@H]3C[C@H]2OC)nn1. The Morgan fingerprint density at radius 2 is 1.94 bits per heavy atom. The largest absolute Gasteiger partial charge is 0.496 e. The number of likely N-dealkylation sites (tertiary alicyclic amines) is 1. The lowest BCUT2D eigenvalue weighted by molar-refractivity contribution is -0.00545. The number of carbonyl (C=O) groups is 1. The lowest BCUT2D eigenvalue weighted by Gasteiger charge is -2.36. The Kier molecular flexibility index (Phi) is 5.42. The van der Waals surface area contributed by atoms with E-state index >= 15 is 0 Å². The van der Waals surface area contributed by atoms with Crippen molar-refractivity contribution in [2.24, 2.45) is 11.8 Å². The van der Waals surface area contributed by atoms with Crippen molar-refractivity contribution in [2.45, 2.75) is 31.9 Å². The summed E-state index contributed by atoms with van der Waals surface area (Å²) in [6, 6.07) is 7.87. The van der Waals surface area contributed by atoms with Crippen LogP contribution in [0.4, 0.5) is 0 Å². The maximum atomic E-state index is 13.0. The van der Waals surface area contributed by atoms with Crippen LogP contribution in [0.3, 0.4) is 0 Å². The Hall–Kier alpha value is -3.20. The van der Waals surface area contributed by atoms with Crippen LogP contribution in [0.15, 0.2) is 36.7 Å². The molecule has 3 aromatic rings. The average molecular weight is 437 g/mol. The number of para-hydroxylation sites is 1. The van der Waals surface area contributed by atoms with Gasteiger partial charge >= 0.3 is 0 Å². The first-order valence-electron chi connectivity index (χ1n) is 11.0. The molecule has 1 amide bonds. The van der Waals surface area contributed by atoms with Crippen LogP contribution in [0, 0.1) is 18.8 Å². The van der Waals surface area contributed by atoms with E-state index < -0.39 is 0 Å². The van der Waals surface area contributed by atoms with Gasteiger partial charge in [-0.2, -0.15) is 5.10 Å². The first-order chi connectivity index (χ1) is 15.6. The Bertz CT molecular complexity index is 1110. The molecule has 0 radical (unpaired) electrons. The number of amides is 1. The van der Waals surface area contributed by atoms with E-state index in [2.05, 4.69) is 20.5 Å². The van der Waals surface area contributed by atoms with Crippen molar-refractivity contribution in [3.8, 4) is 17.0 Å². The van der Waals surface area contributed by atoms with Crippen molar-refractivity contribution in [1.82, 2.24) is 30.1 Å². The van der Waals surface area contributed by atoms with Gasteiger partial charge in [-0.15, -0.1) is 5.10 Å². The molecule has 1 aliphatic heterocycles. The van der Waals surface area contributed by atoms with Crippen molar-refractivity contribution in [3.63, 3.8) is 0 Å². The first kappa shape index (κ1) is 20.7.